The van der Waals surface area contributed by atoms with Gasteiger partial charge in [0, 0.05) is 23.0 Å². The molecule has 0 N–H and O–H groups in total. The van der Waals surface area contributed by atoms with Gasteiger partial charge in [0.05, 0.1) is 11.4 Å². The van der Waals surface area contributed by atoms with E-state index in [4.69, 9.17) is 16.0 Å². The summed E-state index contributed by atoms with van der Waals surface area (Å²) in [6, 6.07) is 15.6. The van der Waals surface area contributed by atoms with Gasteiger partial charge in [-0.05, 0) is 36.8 Å². The van der Waals surface area contributed by atoms with E-state index in [1.165, 1.54) is 11.8 Å². The average molecular weight is 383 g/mol. The van der Waals surface area contributed by atoms with Crippen LogP contribution in [0.25, 0.3) is 17.1 Å². The summed E-state index contributed by atoms with van der Waals surface area (Å²) in [7, 11) is 0. The fourth-order valence-electron chi connectivity index (χ4n) is 2.57. The topological polar surface area (TPSA) is 56.7 Å². The van der Waals surface area contributed by atoms with Crippen LogP contribution in [-0.2, 0) is 5.75 Å². The lowest BCUT2D eigenvalue weighted by molar-refractivity contribution is 0.528. The third-order valence-electron chi connectivity index (χ3n) is 3.92. The molecule has 0 bridgehead atoms. The standard InChI is InChI=1S/C19H15ClN4OS/c1-13-15(20)8-5-9-16(13)24-11-10-21-19(24)26-12-17-22-23-18(25-17)14-6-3-2-4-7-14/h2-11H,12H2,1H3. The normalized spacial score (nSPS) is 11.0. The van der Waals surface area contributed by atoms with Crippen LogP contribution in [0.5, 0.6) is 0 Å². The lowest BCUT2D eigenvalue weighted by Gasteiger charge is -2.10. The van der Waals surface area contributed by atoms with Gasteiger partial charge in [-0.2, -0.15) is 0 Å². The van der Waals surface area contributed by atoms with Gasteiger partial charge in [-0.1, -0.05) is 47.6 Å². The second-order valence-electron chi connectivity index (χ2n) is 5.62. The maximum absolute atomic E-state index is 6.24. The zero-order chi connectivity index (χ0) is 17.9. The lowest BCUT2D eigenvalue weighted by Crippen LogP contribution is -1.98. The van der Waals surface area contributed by atoms with Crippen LogP contribution in [-0.4, -0.2) is 19.7 Å². The van der Waals surface area contributed by atoms with Crippen molar-refractivity contribution in [3.63, 3.8) is 0 Å². The van der Waals surface area contributed by atoms with Gasteiger partial charge in [-0.3, -0.25) is 4.57 Å². The molecule has 0 atom stereocenters. The summed E-state index contributed by atoms with van der Waals surface area (Å²) in [5, 5.41) is 9.82. The minimum atomic E-state index is 0.523. The van der Waals surface area contributed by atoms with Gasteiger partial charge in [-0.25, -0.2) is 4.98 Å². The Balaban J connectivity index is 1.53. The number of nitrogens with zero attached hydrogens (tertiary/aromatic N) is 4. The number of halogens is 1. The van der Waals surface area contributed by atoms with E-state index in [1.54, 1.807) is 6.20 Å². The van der Waals surface area contributed by atoms with Crippen LogP contribution in [0.2, 0.25) is 5.02 Å². The van der Waals surface area contributed by atoms with Crippen LogP contribution in [0, 0.1) is 6.92 Å². The second kappa shape index (κ2) is 7.35. The summed E-state index contributed by atoms with van der Waals surface area (Å²) < 4.78 is 7.77. The molecule has 7 heteroatoms. The Kier molecular flexibility index (Phi) is 4.77. The highest BCUT2D eigenvalue weighted by Crippen LogP contribution is 2.28. The highest BCUT2D eigenvalue weighted by Gasteiger charge is 2.13. The van der Waals surface area contributed by atoms with Crippen molar-refractivity contribution in [1.29, 1.82) is 0 Å². The molecule has 0 fully saturated rings. The van der Waals surface area contributed by atoms with Gasteiger partial charge < -0.3 is 4.42 Å². The summed E-state index contributed by atoms with van der Waals surface area (Å²) in [6.07, 6.45) is 3.69. The van der Waals surface area contributed by atoms with Crippen LogP contribution in [0.15, 0.2) is 70.5 Å². The number of hydrogen-bond acceptors (Lipinski definition) is 5. The molecule has 0 saturated carbocycles. The number of hydrogen-bond donors (Lipinski definition) is 0. The fourth-order valence-corrected chi connectivity index (χ4v) is 3.55. The van der Waals surface area contributed by atoms with Gasteiger partial charge in [0.2, 0.25) is 11.8 Å². The van der Waals surface area contributed by atoms with E-state index in [0.29, 0.717) is 17.5 Å². The summed E-state index contributed by atoms with van der Waals surface area (Å²) >= 11 is 7.78. The molecule has 4 rings (SSSR count). The van der Waals surface area contributed by atoms with Crippen LogP contribution in [0.1, 0.15) is 11.5 Å². The maximum atomic E-state index is 6.24. The van der Waals surface area contributed by atoms with Crippen molar-refractivity contribution in [2.24, 2.45) is 0 Å². The molecule has 0 aliphatic rings. The molecule has 0 aliphatic heterocycles. The van der Waals surface area contributed by atoms with Crippen molar-refractivity contribution >= 4 is 23.4 Å². The molecule has 26 heavy (non-hydrogen) atoms. The Bertz CT molecular complexity index is 1030. The van der Waals surface area contributed by atoms with Crippen molar-refractivity contribution in [3.05, 3.63) is 77.4 Å². The van der Waals surface area contributed by atoms with E-state index < -0.39 is 0 Å². The van der Waals surface area contributed by atoms with Crippen LogP contribution in [0.4, 0.5) is 0 Å². The number of benzene rings is 2. The quantitative estimate of drug-likeness (QED) is 0.445. The molecule has 2 aromatic carbocycles. The molecule has 2 aromatic heterocycles. The molecule has 130 valence electrons. The van der Waals surface area contributed by atoms with Crippen molar-refractivity contribution in [1.82, 2.24) is 19.7 Å². The molecule has 5 nitrogen and oxygen atoms in total. The predicted octanol–water partition coefficient (Wildman–Crippen LogP) is 5.18. The molecular formula is C19H15ClN4OS. The van der Waals surface area contributed by atoms with Crippen molar-refractivity contribution in [3.8, 4) is 17.1 Å². The zero-order valence-corrected chi connectivity index (χ0v) is 15.5. The fraction of sp³-hybridized carbons (Fsp3) is 0.105. The molecule has 0 unspecified atom stereocenters. The molecule has 2 heterocycles. The predicted molar refractivity (Wildman–Crippen MR) is 103 cm³/mol. The van der Waals surface area contributed by atoms with E-state index >= 15 is 0 Å². The summed E-state index contributed by atoms with van der Waals surface area (Å²) in [6.45, 7) is 2.00. The maximum Gasteiger partial charge on any atom is 0.247 e. The number of thioether (sulfide) groups is 1. The van der Waals surface area contributed by atoms with Crippen LogP contribution in [0.3, 0.4) is 0 Å². The molecule has 0 spiro atoms. The number of imidazole rings is 1. The number of rotatable bonds is 5. The molecule has 0 saturated heterocycles. The van der Waals surface area contributed by atoms with Crippen molar-refractivity contribution in [2.75, 3.05) is 0 Å². The van der Waals surface area contributed by atoms with E-state index in [9.17, 15) is 0 Å². The Morgan fingerprint density at radius 2 is 1.92 bits per heavy atom. The average Bonchev–Trinajstić information content (AvgIpc) is 3.32. The SMILES string of the molecule is Cc1c(Cl)cccc1-n1ccnc1SCc1nnc(-c2ccccc2)o1. The minimum absolute atomic E-state index is 0.523. The first kappa shape index (κ1) is 16.9. The largest absolute Gasteiger partial charge is 0.420 e. The summed E-state index contributed by atoms with van der Waals surface area (Å²) in [5.74, 6) is 1.62. The highest BCUT2D eigenvalue weighted by molar-refractivity contribution is 7.98. The first-order valence-electron chi connectivity index (χ1n) is 8.02. The van der Waals surface area contributed by atoms with Gasteiger partial charge in [0.25, 0.3) is 0 Å². The Morgan fingerprint density at radius 1 is 1.08 bits per heavy atom. The Hall–Kier alpha value is -2.57. The molecule has 0 radical (unpaired) electrons. The summed E-state index contributed by atoms with van der Waals surface area (Å²) in [4.78, 5) is 4.44. The first-order chi connectivity index (χ1) is 12.7. The molecular weight excluding hydrogens is 368 g/mol. The van der Waals surface area contributed by atoms with Gasteiger partial charge in [-0.15, -0.1) is 10.2 Å². The lowest BCUT2D eigenvalue weighted by atomic mass is 10.2. The van der Waals surface area contributed by atoms with Crippen molar-refractivity contribution in [2.45, 2.75) is 17.8 Å². The van der Waals surface area contributed by atoms with Crippen molar-refractivity contribution < 1.29 is 4.42 Å². The minimum Gasteiger partial charge on any atom is -0.420 e. The Labute approximate surface area is 160 Å². The third-order valence-corrected chi connectivity index (χ3v) is 5.28. The summed E-state index contributed by atoms with van der Waals surface area (Å²) in [5.41, 5.74) is 2.93. The number of aromatic nitrogens is 4. The van der Waals surface area contributed by atoms with Gasteiger partial charge in [0.15, 0.2) is 5.16 Å². The molecule has 4 aromatic rings. The monoisotopic (exact) mass is 382 g/mol. The third kappa shape index (κ3) is 3.38. The highest BCUT2D eigenvalue weighted by atomic mass is 35.5. The van der Waals surface area contributed by atoms with Crippen LogP contribution >= 0.6 is 23.4 Å². The smallest absolute Gasteiger partial charge is 0.247 e. The second-order valence-corrected chi connectivity index (χ2v) is 6.97. The van der Waals surface area contributed by atoms with Gasteiger partial charge in [0.1, 0.15) is 0 Å². The Morgan fingerprint density at radius 3 is 2.77 bits per heavy atom. The zero-order valence-electron chi connectivity index (χ0n) is 14.0. The van der Waals surface area contributed by atoms with E-state index in [2.05, 4.69) is 15.2 Å². The van der Waals surface area contributed by atoms with E-state index in [1.807, 2.05) is 66.2 Å². The van der Waals surface area contributed by atoms with E-state index in [-0.39, 0.29) is 0 Å². The first-order valence-corrected chi connectivity index (χ1v) is 9.38. The molecule has 0 aliphatic carbocycles. The van der Waals surface area contributed by atoms with E-state index in [0.717, 1.165) is 27.0 Å². The molecule has 0 amide bonds. The van der Waals surface area contributed by atoms with Gasteiger partial charge >= 0.3 is 0 Å². The van der Waals surface area contributed by atoms with Crippen LogP contribution < -0.4 is 0 Å².